The van der Waals surface area contributed by atoms with E-state index >= 15 is 0 Å². The Balaban J connectivity index is 1.71. The summed E-state index contributed by atoms with van der Waals surface area (Å²) < 4.78 is 0. The predicted octanol–water partition coefficient (Wildman–Crippen LogP) is 1.87. The third-order valence-electron chi connectivity index (χ3n) is 4.05. The number of aromatic nitrogens is 3. The second kappa shape index (κ2) is 6.92. The maximum atomic E-state index is 9.15. The topological polar surface area (TPSA) is 89.8 Å². The van der Waals surface area contributed by atoms with Crippen molar-refractivity contribution in [3.05, 3.63) is 36.4 Å². The summed E-state index contributed by atoms with van der Waals surface area (Å²) in [6, 6.07) is 6.20. The van der Waals surface area contributed by atoms with Crippen molar-refractivity contribution in [2.45, 2.75) is 18.9 Å². The molecule has 1 aliphatic rings. The quantitative estimate of drug-likeness (QED) is 0.871. The van der Waals surface area contributed by atoms with Crippen molar-refractivity contribution in [3.63, 3.8) is 0 Å². The Morgan fingerprint density at radius 3 is 3.17 bits per heavy atom. The minimum atomic E-state index is 0.335. The maximum absolute atomic E-state index is 9.15. The first kappa shape index (κ1) is 15.0. The van der Waals surface area contributed by atoms with Crippen LogP contribution < -0.4 is 15.5 Å². The van der Waals surface area contributed by atoms with Gasteiger partial charge in [-0.15, -0.1) is 0 Å². The zero-order chi connectivity index (χ0) is 16.1. The number of nitrogens with zero attached hydrogens (tertiary/aromatic N) is 5. The van der Waals surface area contributed by atoms with Gasteiger partial charge in [-0.3, -0.25) is 4.98 Å². The molecule has 7 heteroatoms. The summed E-state index contributed by atoms with van der Waals surface area (Å²) in [6.45, 7) is 1.73. The monoisotopic (exact) mass is 309 g/mol. The Morgan fingerprint density at radius 2 is 2.35 bits per heavy atom. The lowest BCUT2D eigenvalue weighted by molar-refractivity contribution is 0.690. The molecule has 2 aromatic rings. The van der Waals surface area contributed by atoms with E-state index in [1.165, 1.54) is 0 Å². The van der Waals surface area contributed by atoms with Crippen molar-refractivity contribution in [2.75, 3.05) is 35.7 Å². The predicted molar refractivity (Wildman–Crippen MR) is 89.4 cm³/mol. The van der Waals surface area contributed by atoms with Crippen LogP contribution in [0.4, 0.5) is 17.3 Å². The average molecular weight is 309 g/mol. The summed E-state index contributed by atoms with van der Waals surface area (Å²) in [5.74, 6) is 1.74. The number of nitriles is 1. The Labute approximate surface area is 135 Å². The van der Waals surface area contributed by atoms with E-state index in [1.54, 1.807) is 24.8 Å². The van der Waals surface area contributed by atoms with Crippen LogP contribution in [0.1, 0.15) is 18.4 Å². The van der Waals surface area contributed by atoms with Crippen LogP contribution in [-0.4, -0.2) is 41.1 Å². The van der Waals surface area contributed by atoms with Gasteiger partial charge in [-0.25, -0.2) is 9.97 Å². The van der Waals surface area contributed by atoms with Crippen LogP contribution in [0.15, 0.2) is 30.9 Å². The molecule has 23 heavy (non-hydrogen) atoms. The minimum absolute atomic E-state index is 0.335. The fourth-order valence-corrected chi connectivity index (χ4v) is 2.85. The smallest absolute Gasteiger partial charge is 0.134 e. The van der Waals surface area contributed by atoms with Crippen molar-refractivity contribution in [3.8, 4) is 6.07 Å². The van der Waals surface area contributed by atoms with Crippen molar-refractivity contribution in [2.24, 2.45) is 0 Å². The van der Waals surface area contributed by atoms with E-state index in [4.69, 9.17) is 5.26 Å². The van der Waals surface area contributed by atoms with E-state index in [0.717, 1.165) is 43.3 Å². The average Bonchev–Trinajstić information content (AvgIpc) is 3.08. The Morgan fingerprint density at radius 1 is 1.43 bits per heavy atom. The van der Waals surface area contributed by atoms with Gasteiger partial charge < -0.3 is 15.5 Å². The van der Waals surface area contributed by atoms with E-state index in [1.807, 2.05) is 13.1 Å². The molecule has 0 bridgehead atoms. The van der Waals surface area contributed by atoms with E-state index in [2.05, 4.69) is 36.6 Å². The second-order valence-corrected chi connectivity index (χ2v) is 5.41. The maximum Gasteiger partial charge on any atom is 0.134 e. The molecule has 0 saturated carbocycles. The van der Waals surface area contributed by atoms with Crippen LogP contribution in [0.5, 0.6) is 0 Å². The molecule has 1 aliphatic heterocycles. The first-order valence-electron chi connectivity index (χ1n) is 7.66. The van der Waals surface area contributed by atoms with Crippen molar-refractivity contribution in [1.82, 2.24) is 15.0 Å². The second-order valence-electron chi connectivity index (χ2n) is 5.41. The minimum Gasteiger partial charge on any atom is -0.381 e. The highest BCUT2D eigenvalue weighted by molar-refractivity contribution is 5.56. The summed E-state index contributed by atoms with van der Waals surface area (Å²) in [4.78, 5) is 14.9. The molecule has 0 radical (unpaired) electrons. The number of rotatable bonds is 5. The molecule has 3 rings (SSSR count). The summed E-state index contributed by atoms with van der Waals surface area (Å²) in [6.07, 6.45) is 7.13. The highest BCUT2D eigenvalue weighted by atomic mass is 15.2. The van der Waals surface area contributed by atoms with Crippen LogP contribution in [0, 0.1) is 11.3 Å². The lowest BCUT2D eigenvalue weighted by Crippen LogP contribution is -2.35. The van der Waals surface area contributed by atoms with Crippen molar-refractivity contribution < 1.29 is 0 Å². The van der Waals surface area contributed by atoms with Crippen LogP contribution >= 0.6 is 0 Å². The van der Waals surface area contributed by atoms with Gasteiger partial charge in [0.25, 0.3) is 0 Å². The fourth-order valence-electron chi connectivity index (χ4n) is 2.85. The molecule has 3 heterocycles. The lowest BCUT2D eigenvalue weighted by atomic mass is 10.2. The Bertz CT molecular complexity index is 710. The van der Waals surface area contributed by atoms with Gasteiger partial charge in [-0.05, 0) is 18.9 Å². The van der Waals surface area contributed by atoms with E-state index < -0.39 is 0 Å². The lowest BCUT2D eigenvalue weighted by Gasteiger charge is -2.26. The molecule has 2 aromatic heterocycles. The van der Waals surface area contributed by atoms with Gasteiger partial charge >= 0.3 is 0 Å². The highest BCUT2D eigenvalue weighted by Gasteiger charge is 2.26. The van der Waals surface area contributed by atoms with Crippen LogP contribution in [0.2, 0.25) is 0 Å². The zero-order valence-electron chi connectivity index (χ0n) is 13.0. The van der Waals surface area contributed by atoms with Gasteiger partial charge in [-0.2, -0.15) is 5.26 Å². The molecule has 0 spiro atoms. The number of anilines is 3. The van der Waals surface area contributed by atoms with Crippen molar-refractivity contribution >= 4 is 17.3 Å². The molecule has 1 atom stereocenters. The summed E-state index contributed by atoms with van der Waals surface area (Å²) in [5.41, 5.74) is 1.39. The number of pyridine rings is 1. The van der Waals surface area contributed by atoms with Gasteiger partial charge in [-0.1, -0.05) is 0 Å². The summed E-state index contributed by atoms with van der Waals surface area (Å²) >= 11 is 0. The highest BCUT2D eigenvalue weighted by Crippen LogP contribution is 2.25. The number of nitrogens with one attached hydrogen (secondary N) is 2. The standard InChI is InChI=1S/C16H19N7/c1-18-15-7-16(22-11-21-15)23-6-2-3-13(23)9-20-14-10-19-5-4-12(14)8-17/h4-5,7,10-11,13,20H,2-3,6,9H2,1H3,(H,18,21,22)/t13-/m0/s1. The molecular formula is C16H19N7. The molecule has 7 nitrogen and oxygen atoms in total. The molecule has 0 aliphatic carbocycles. The van der Waals surface area contributed by atoms with E-state index in [0.29, 0.717) is 11.6 Å². The Hall–Kier alpha value is -2.88. The third-order valence-corrected chi connectivity index (χ3v) is 4.05. The van der Waals surface area contributed by atoms with E-state index in [9.17, 15) is 0 Å². The summed E-state index contributed by atoms with van der Waals surface area (Å²) in [5, 5.41) is 15.5. The molecule has 1 fully saturated rings. The van der Waals surface area contributed by atoms with Gasteiger partial charge in [0.05, 0.1) is 17.4 Å². The number of hydrogen-bond acceptors (Lipinski definition) is 7. The van der Waals surface area contributed by atoms with Crippen LogP contribution in [0.3, 0.4) is 0 Å². The van der Waals surface area contributed by atoms with Gasteiger partial charge in [0.1, 0.15) is 24.0 Å². The molecule has 0 unspecified atom stereocenters. The summed E-state index contributed by atoms with van der Waals surface area (Å²) in [7, 11) is 1.85. The third kappa shape index (κ3) is 3.31. The molecule has 2 N–H and O–H groups in total. The van der Waals surface area contributed by atoms with Crippen LogP contribution in [0.25, 0.3) is 0 Å². The van der Waals surface area contributed by atoms with Gasteiger partial charge in [0.15, 0.2) is 0 Å². The molecule has 118 valence electrons. The Kier molecular flexibility index (Phi) is 4.52. The fraction of sp³-hybridized carbons (Fsp3) is 0.375. The first-order valence-corrected chi connectivity index (χ1v) is 7.66. The van der Waals surface area contributed by atoms with Crippen molar-refractivity contribution in [1.29, 1.82) is 5.26 Å². The molecule has 0 aromatic carbocycles. The van der Waals surface area contributed by atoms with Gasteiger partial charge in [0, 0.05) is 38.4 Å². The molecule has 1 saturated heterocycles. The van der Waals surface area contributed by atoms with Crippen LogP contribution in [-0.2, 0) is 0 Å². The SMILES string of the molecule is CNc1cc(N2CCC[C@H]2CNc2cnccc2C#N)ncn1. The normalized spacial score (nSPS) is 16.9. The molecular weight excluding hydrogens is 290 g/mol. The van der Waals surface area contributed by atoms with E-state index in [-0.39, 0.29) is 0 Å². The first-order chi connectivity index (χ1) is 11.3. The molecule has 0 amide bonds. The number of hydrogen-bond donors (Lipinski definition) is 2. The zero-order valence-corrected chi connectivity index (χ0v) is 13.0. The van der Waals surface area contributed by atoms with Gasteiger partial charge in [0.2, 0.25) is 0 Å². The largest absolute Gasteiger partial charge is 0.381 e.